The average molecular weight is 436 g/mol. The Bertz CT molecular complexity index is 841. The van der Waals surface area contributed by atoms with Crippen molar-refractivity contribution < 1.29 is 35.9 Å². The molecule has 0 spiro atoms. The van der Waals surface area contributed by atoms with Gasteiger partial charge in [-0.25, -0.2) is 0 Å². The second-order valence-corrected chi connectivity index (χ2v) is 6.82. The third-order valence-electron chi connectivity index (χ3n) is 3.66. The van der Waals surface area contributed by atoms with Crippen molar-refractivity contribution in [3.8, 4) is 0 Å². The maximum absolute atomic E-state index is 13.0. The molecule has 2 amide bonds. The van der Waals surface area contributed by atoms with E-state index >= 15 is 0 Å². The molecule has 11 heteroatoms. The number of carbonyl (C=O) groups excluding carboxylic acids is 2. The molecule has 2 rings (SSSR count). The number of nitrogens with two attached hydrogens (primary N) is 1. The topological polar surface area (TPSA) is 72.2 Å². The minimum absolute atomic E-state index is 0.0172. The summed E-state index contributed by atoms with van der Waals surface area (Å²) in [6, 6.07) is 8.05. The van der Waals surface area contributed by atoms with Gasteiger partial charge in [-0.05, 0) is 35.2 Å². The van der Waals surface area contributed by atoms with Crippen molar-refractivity contribution in [1.29, 1.82) is 0 Å². The van der Waals surface area contributed by atoms with Crippen LogP contribution in [0.2, 0.25) is 0 Å². The van der Waals surface area contributed by atoms with Crippen molar-refractivity contribution in [3.05, 3.63) is 70.8 Å². The highest BCUT2D eigenvalue weighted by molar-refractivity contribution is 7.98. The number of primary amides is 1. The molecule has 0 fully saturated rings. The van der Waals surface area contributed by atoms with E-state index in [-0.39, 0.29) is 11.1 Å². The maximum Gasteiger partial charge on any atom is 0.416 e. The minimum Gasteiger partial charge on any atom is -0.369 e. The third-order valence-corrected chi connectivity index (χ3v) is 4.78. The van der Waals surface area contributed by atoms with Gasteiger partial charge in [-0.1, -0.05) is 36.4 Å². The first-order valence-corrected chi connectivity index (χ1v) is 8.83. The molecule has 2 aromatic rings. The van der Waals surface area contributed by atoms with Crippen LogP contribution < -0.4 is 10.5 Å². The molecule has 0 saturated carbocycles. The van der Waals surface area contributed by atoms with E-state index in [2.05, 4.69) is 4.72 Å². The van der Waals surface area contributed by atoms with Gasteiger partial charge in [0, 0.05) is 0 Å². The van der Waals surface area contributed by atoms with Crippen LogP contribution in [-0.2, 0) is 21.9 Å². The summed E-state index contributed by atoms with van der Waals surface area (Å²) in [5.74, 6) is -1.76. The van der Waals surface area contributed by atoms with Gasteiger partial charge >= 0.3 is 12.4 Å². The number of benzene rings is 2. The van der Waals surface area contributed by atoms with E-state index in [0.717, 1.165) is 36.4 Å². The lowest BCUT2D eigenvalue weighted by molar-refractivity contribution is -0.138. The Morgan fingerprint density at radius 3 is 1.72 bits per heavy atom. The first-order chi connectivity index (χ1) is 13.4. The number of rotatable bonds is 6. The van der Waals surface area contributed by atoms with Crippen LogP contribution >= 0.6 is 11.9 Å². The van der Waals surface area contributed by atoms with Crippen molar-refractivity contribution in [2.24, 2.45) is 5.73 Å². The molecule has 0 heterocycles. The molecule has 0 aromatic heterocycles. The zero-order valence-corrected chi connectivity index (χ0v) is 15.3. The summed E-state index contributed by atoms with van der Waals surface area (Å²) in [4.78, 5) is 22.5. The van der Waals surface area contributed by atoms with E-state index in [4.69, 9.17) is 5.73 Å². The number of hydrogen-bond acceptors (Lipinski definition) is 3. The summed E-state index contributed by atoms with van der Waals surface area (Å²) in [6.45, 7) is 0. The van der Waals surface area contributed by atoms with Gasteiger partial charge in [0.2, 0.25) is 11.8 Å². The SMILES string of the molecule is NC(=O)CC(=O)NSC(c1cccc(C(F)(F)F)c1)c1cccc(C(F)(F)F)c1. The van der Waals surface area contributed by atoms with E-state index in [1.165, 1.54) is 12.1 Å². The summed E-state index contributed by atoms with van der Waals surface area (Å²) >= 11 is 0.574. The molecular formula is C18H14F6N2O2S. The van der Waals surface area contributed by atoms with Crippen LogP contribution in [0.25, 0.3) is 0 Å². The molecule has 0 aliphatic rings. The monoisotopic (exact) mass is 436 g/mol. The van der Waals surface area contributed by atoms with E-state index < -0.39 is 47.0 Å². The molecule has 4 nitrogen and oxygen atoms in total. The molecule has 156 valence electrons. The average Bonchev–Trinajstić information content (AvgIpc) is 2.60. The second-order valence-electron chi connectivity index (χ2n) is 5.91. The lowest BCUT2D eigenvalue weighted by Gasteiger charge is -2.20. The van der Waals surface area contributed by atoms with Crippen molar-refractivity contribution in [3.63, 3.8) is 0 Å². The minimum atomic E-state index is -4.66. The standard InChI is InChI=1S/C18H14F6N2O2S/c19-17(20,21)12-5-1-3-10(7-12)16(29-26-15(28)9-14(25)27)11-4-2-6-13(8-11)18(22,23)24/h1-8,16H,9H2,(H2,25,27)(H,26,28). The number of hydrogen-bond donors (Lipinski definition) is 2. The zero-order valence-electron chi connectivity index (χ0n) is 14.5. The molecule has 3 N–H and O–H groups in total. The van der Waals surface area contributed by atoms with Crippen LogP contribution in [0, 0.1) is 0 Å². The Balaban J connectivity index is 2.44. The number of carbonyl (C=O) groups is 2. The molecule has 0 aliphatic heterocycles. The fraction of sp³-hybridized carbons (Fsp3) is 0.222. The Labute approximate surface area is 165 Å². The van der Waals surface area contributed by atoms with Gasteiger partial charge in [0.1, 0.15) is 6.42 Å². The van der Waals surface area contributed by atoms with Crippen LogP contribution in [0.4, 0.5) is 26.3 Å². The van der Waals surface area contributed by atoms with Gasteiger partial charge < -0.3 is 5.73 Å². The lowest BCUT2D eigenvalue weighted by Crippen LogP contribution is -2.24. The number of alkyl halides is 6. The highest BCUT2D eigenvalue weighted by Gasteiger charge is 2.33. The normalized spacial score (nSPS) is 12.1. The molecule has 0 saturated heterocycles. The number of halogens is 6. The molecule has 0 unspecified atom stereocenters. The molecule has 0 aliphatic carbocycles. The molecule has 2 aromatic carbocycles. The number of nitrogens with one attached hydrogen (secondary N) is 1. The van der Waals surface area contributed by atoms with E-state index in [1.807, 2.05) is 0 Å². The first kappa shape index (κ1) is 22.6. The summed E-state index contributed by atoms with van der Waals surface area (Å²) < 4.78 is 80.5. The van der Waals surface area contributed by atoms with E-state index in [9.17, 15) is 35.9 Å². The smallest absolute Gasteiger partial charge is 0.369 e. The van der Waals surface area contributed by atoms with Crippen LogP contribution in [0.5, 0.6) is 0 Å². The molecule has 0 bridgehead atoms. The Morgan fingerprint density at radius 1 is 0.897 bits per heavy atom. The van der Waals surface area contributed by atoms with Gasteiger partial charge in [-0.3, -0.25) is 14.3 Å². The molecule has 0 atom stereocenters. The Morgan fingerprint density at radius 2 is 1.34 bits per heavy atom. The van der Waals surface area contributed by atoms with E-state index in [0.29, 0.717) is 11.9 Å². The van der Waals surface area contributed by atoms with Gasteiger partial charge in [0.25, 0.3) is 0 Å². The van der Waals surface area contributed by atoms with Crippen LogP contribution in [0.1, 0.15) is 33.9 Å². The van der Waals surface area contributed by atoms with Crippen molar-refractivity contribution in [2.75, 3.05) is 0 Å². The largest absolute Gasteiger partial charge is 0.416 e. The summed E-state index contributed by atoms with van der Waals surface area (Å²) in [6.07, 6.45) is -9.99. The lowest BCUT2D eigenvalue weighted by atomic mass is 10.00. The fourth-order valence-electron chi connectivity index (χ4n) is 2.40. The Kier molecular flexibility index (Phi) is 6.83. The van der Waals surface area contributed by atoms with Crippen molar-refractivity contribution in [2.45, 2.75) is 24.0 Å². The molecule has 29 heavy (non-hydrogen) atoms. The van der Waals surface area contributed by atoms with Gasteiger partial charge in [0.15, 0.2) is 0 Å². The van der Waals surface area contributed by atoms with Gasteiger partial charge in [-0.15, -0.1) is 0 Å². The number of amides is 2. The quantitative estimate of drug-likeness (QED) is 0.399. The summed E-state index contributed by atoms with van der Waals surface area (Å²) in [5.41, 5.74) is 2.95. The maximum atomic E-state index is 13.0. The fourth-order valence-corrected chi connectivity index (χ4v) is 3.29. The highest BCUT2D eigenvalue weighted by atomic mass is 32.2. The van der Waals surface area contributed by atoms with Crippen molar-refractivity contribution in [1.82, 2.24) is 4.72 Å². The second kappa shape index (κ2) is 8.76. The Hall–Kier alpha value is -2.69. The summed E-state index contributed by atoms with van der Waals surface area (Å²) in [5, 5.41) is -1.10. The molecule has 0 radical (unpaired) electrons. The molecular weight excluding hydrogens is 422 g/mol. The van der Waals surface area contributed by atoms with Gasteiger partial charge in [0.05, 0.1) is 16.4 Å². The third kappa shape index (κ3) is 6.41. The van der Waals surface area contributed by atoms with Crippen molar-refractivity contribution >= 4 is 23.8 Å². The van der Waals surface area contributed by atoms with E-state index in [1.54, 1.807) is 0 Å². The van der Waals surface area contributed by atoms with Crippen LogP contribution in [-0.4, -0.2) is 11.8 Å². The predicted molar refractivity (Wildman–Crippen MR) is 94.3 cm³/mol. The highest BCUT2D eigenvalue weighted by Crippen LogP contribution is 2.39. The van der Waals surface area contributed by atoms with Crippen LogP contribution in [0.3, 0.4) is 0 Å². The van der Waals surface area contributed by atoms with Crippen LogP contribution in [0.15, 0.2) is 48.5 Å². The predicted octanol–water partition coefficient (Wildman–Crippen LogP) is 4.45. The summed E-state index contributed by atoms with van der Waals surface area (Å²) in [7, 11) is 0. The zero-order chi connectivity index (χ0) is 21.8. The first-order valence-electron chi connectivity index (χ1n) is 7.95. The van der Waals surface area contributed by atoms with Gasteiger partial charge in [-0.2, -0.15) is 26.3 Å².